The molecule has 7 rings (SSSR count). The number of para-hydroxylation sites is 1. The highest BCUT2D eigenvalue weighted by Crippen LogP contribution is 2.69. The molecule has 124 valence electrons. The summed E-state index contributed by atoms with van der Waals surface area (Å²) in [6, 6.07) is 8.62. The van der Waals surface area contributed by atoms with Crippen LogP contribution >= 0.6 is 0 Å². The summed E-state index contributed by atoms with van der Waals surface area (Å²) < 4.78 is 6.62. The third kappa shape index (κ3) is 1.18. The standard InChI is InChI=1S/C20H22N2O2/c1-3-19-10-22(2)16-13(19)9-20(15-8-12(19)17(16)24-15)11-6-4-5-7-14(11)21-18(20)23/h3-7,12-13,15-17H,1,8-10H2,2H3,(H,21,23)/t12-,13+,15-,16+,17+,19+,20+/m1/s1. The van der Waals surface area contributed by atoms with Crippen molar-refractivity contribution < 1.29 is 9.53 Å². The van der Waals surface area contributed by atoms with Gasteiger partial charge in [-0.15, -0.1) is 6.58 Å². The average molecular weight is 322 g/mol. The number of carbonyl (C=O) groups excluding carboxylic acids is 1. The summed E-state index contributed by atoms with van der Waals surface area (Å²) in [6.45, 7) is 5.28. The van der Waals surface area contributed by atoms with Crippen LogP contribution in [0, 0.1) is 17.3 Å². The third-order valence-corrected chi connectivity index (χ3v) is 7.88. The predicted octanol–water partition coefficient (Wildman–Crippen LogP) is 2.17. The molecule has 3 saturated heterocycles. The van der Waals surface area contributed by atoms with E-state index in [-0.39, 0.29) is 23.5 Å². The normalized spacial score (nSPS) is 50.4. The Kier molecular flexibility index (Phi) is 2.24. The maximum absolute atomic E-state index is 13.2. The maximum atomic E-state index is 13.2. The number of likely N-dealkylation sites (N-methyl/N-ethyl adjacent to an activating group) is 1. The first-order valence-electron chi connectivity index (χ1n) is 9.02. The maximum Gasteiger partial charge on any atom is 0.237 e. The van der Waals surface area contributed by atoms with E-state index in [2.05, 4.69) is 36.0 Å². The van der Waals surface area contributed by atoms with Crippen LogP contribution in [0.25, 0.3) is 0 Å². The van der Waals surface area contributed by atoms with Gasteiger partial charge in [0.1, 0.15) is 5.41 Å². The van der Waals surface area contributed by atoms with Gasteiger partial charge in [-0.1, -0.05) is 24.3 Å². The van der Waals surface area contributed by atoms with Crippen molar-refractivity contribution in [3.8, 4) is 0 Å². The molecule has 4 aliphatic heterocycles. The van der Waals surface area contributed by atoms with Crippen LogP contribution in [-0.4, -0.2) is 42.6 Å². The molecule has 0 unspecified atom stereocenters. The van der Waals surface area contributed by atoms with Gasteiger partial charge in [0.05, 0.1) is 12.2 Å². The summed E-state index contributed by atoms with van der Waals surface area (Å²) in [7, 11) is 2.20. The molecule has 6 bridgehead atoms. The fourth-order valence-corrected chi connectivity index (χ4v) is 7.03. The molecule has 1 aromatic rings. The summed E-state index contributed by atoms with van der Waals surface area (Å²) in [5.41, 5.74) is 1.72. The van der Waals surface area contributed by atoms with Crippen LogP contribution in [0.3, 0.4) is 0 Å². The summed E-state index contributed by atoms with van der Waals surface area (Å²) in [5.74, 6) is 1.12. The fourth-order valence-electron chi connectivity index (χ4n) is 7.03. The molecule has 4 heteroatoms. The topological polar surface area (TPSA) is 41.6 Å². The summed E-state index contributed by atoms with van der Waals surface area (Å²) in [4.78, 5) is 15.6. The van der Waals surface area contributed by atoms with Gasteiger partial charge in [-0.3, -0.25) is 9.69 Å². The lowest BCUT2D eigenvalue weighted by molar-refractivity contribution is -0.127. The lowest BCUT2D eigenvalue weighted by Crippen LogP contribution is -2.46. The van der Waals surface area contributed by atoms with Crippen molar-refractivity contribution in [2.24, 2.45) is 17.3 Å². The van der Waals surface area contributed by atoms with Crippen LogP contribution in [-0.2, 0) is 14.9 Å². The fraction of sp³-hybridized carbons (Fsp3) is 0.550. The van der Waals surface area contributed by atoms with Gasteiger partial charge in [-0.2, -0.15) is 0 Å². The smallest absolute Gasteiger partial charge is 0.237 e. The molecule has 4 nitrogen and oxygen atoms in total. The Morgan fingerprint density at radius 3 is 3.04 bits per heavy atom. The van der Waals surface area contributed by atoms with Crippen molar-refractivity contribution >= 4 is 11.6 Å². The number of hydrogen-bond acceptors (Lipinski definition) is 3. The monoisotopic (exact) mass is 322 g/mol. The van der Waals surface area contributed by atoms with E-state index in [0.717, 1.165) is 30.6 Å². The minimum atomic E-state index is -0.515. The van der Waals surface area contributed by atoms with Gasteiger partial charge < -0.3 is 10.1 Å². The van der Waals surface area contributed by atoms with E-state index < -0.39 is 5.41 Å². The predicted molar refractivity (Wildman–Crippen MR) is 90.7 cm³/mol. The Labute approximate surface area is 141 Å². The Morgan fingerprint density at radius 2 is 2.21 bits per heavy atom. The van der Waals surface area contributed by atoms with E-state index in [9.17, 15) is 4.79 Å². The molecule has 24 heavy (non-hydrogen) atoms. The number of ether oxygens (including phenoxy) is 1. The first kappa shape index (κ1) is 13.6. The second-order valence-electron chi connectivity index (χ2n) is 8.44. The van der Waals surface area contributed by atoms with Gasteiger partial charge in [0.2, 0.25) is 5.91 Å². The highest BCUT2D eigenvalue weighted by atomic mass is 16.5. The number of piperidine rings is 1. The molecule has 1 aromatic carbocycles. The molecule has 1 amide bonds. The van der Waals surface area contributed by atoms with E-state index in [0.29, 0.717) is 17.9 Å². The molecular weight excluding hydrogens is 300 g/mol. The van der Waals surface area contributed by atoms with E-state index in [1.165, 1.54) is 0 Å². The quantitative estimate of drug-likeness (QED) is 0.806. The number of nitrogens with zero attached hydrogens (tertiary/aromatic N) is 1. The number of fused-ring (bicyclic) bond motifs is 1. The zero-order valence-corrected chi connectivity index (χ0v) is 13.9. The van der Waals surface area contributed by atoms with Crippen molar-refractivity contribution in [2.45, 2.75) is 36.5 Å². The first-order chi connectivity index (χ1) is 11.6. The van der Waals surface area contributed by atoms with E-state index in [4.69, 9.17) is 4.74 Å². The molecule has 6 aliphatic rings. The van der Waals surface area contributed by atoms with Crippen molar-refractivity contribution in [1.82, 2.24) is 4.90 Å². The summed E-state index contributed by atoms with van der Waals surface area (Å²) in [5, 5.41) is 3.14. The number of nitrogens with one attached hydrogen (secondary N) is 1. The number of carbonyl (C=O) groups is 1. The highest BCUT2D eigenvalue weighted by molar-refractivity contribution is 6.07. The number of benzene rings is 1. The number of amides is 1. The molecule has 1 N–H and O–H groups in total. The molecule has 1 spiro atoms. The van der Waals surface area contributed by atoms with Gasteiger partial charge in [0.15, 0.2) is 0 Å². The average Bonchev–Trinajstić information content (AvgIpc) is 3.19. The zero-order chi connectivity index (χ0) is 16.3. The van der Waals surface area contributed by atoms with Gasteiger partial charge in [0.25, 0.3) is 0 Å². The molecule has 2 aliphatic carbocycles. The lowest BCUT2D eigenvalue weighted by Gasteiger charge is -2.38. The number of likely N-dealkylation sites (tertiary alicyclic amines) is 1. The molecule has 2 saturated carbocycles. The van der Waals surface area contributed by atoms with Crippen molar-refractivity contribution in [3.63, 3.8) is 0 Å². The Hall–Kier alpha value is -1.65. The van der Waals surface area contributed by atoms with Crippen molar-refractivity contribution in [3.05, 3.63) is 42.5 Å². The second kappa shape index (κ2) is 3.94. The van der Waals surface area contributed by atoms with Crippen molar-refractivity contribution in [2.75, 3.05) is 18.9 Å². The van der Waals surface area contributed by atoms with E-state index in [1.54, 1.807) is 0 Å². The minimum Gasteiger partial charge on any atom is -0.372 e. The first-order valence-corrected chi connectivity index (χ1v) is 9.02. The number of anilines is 1. The minimum absolute atomic E-state index is 0.00280. The number of rotatable bonds is 1. The van der Waals surface area contributed by atoms with Gasteiger partial charge in [-0.05, 0) is 43.4 Å². The summed E-state index contributed by atoms with van der Waals surface area (Å²) in [6.07, 6.45) is 4.32. The van der Waals surface area contributed by atoms with Crippen LogP contribution in [0.2, 0.25) is 0 Å². The van der Waals surface area contributed by atoms with Gasteiger partial charge in [0, 0.05) is 23.7 Å². The van der Waals surface area contributed by atoms with Crippen LogP contribution in [0.4, 0.5) is 5.69 Å². The third-order valence-electron chi connectivity index (χ3n) is 7.88. The van der Waals surface area contributed by atoms with Crippen molar-refractivity contribution in [1.29, 1.82) is 0 Å². The molecule has 4 heterocycles. The van der Waals surface area contributed by atoms with Crippen LogP contribution < -0.4 is 5.32 Å². The second-order valence-corrected chi connectivity index (χ2v) is 8.44. The Balaban J connectivity index is 1.59. The molecule has 7 atom stereocenters. The highest BCUT2D eigenvalue weighted by Gasteiger charge is 2.75. The van der Waals surface area contributed by atoms with Crippen LogP contribution in [0.15, 0.2) is 36.9 Å². The SMILES string of the molecule is C=C[C@]12CN(C)[C@@H]3[C@H]4O[C@H](C[C@H]41)[C@@]1(C[C@@H]32)C(=O)Nc2ccccc21. The molecule has 0 radical (unpaired) electrons. The van der Waals surface area contributed by atoms with Crippen LogP contribution in [0.5, 0.6) is 0 Å². The molecule has 0 aromatic heterocycles. The van der Waals surface area contributed by atoms with Crippen LogP contribution in [0.1, 0.15) is 18.4 Å². The lowest BCUT2D eigenvalue weighted by atomic mass is 9.68. The largest absolute Gasteiger partial charge is 0.372 e. The Morgan fingerprint density at radius 1 is 1.38 bits per heavy atom. The Bertz CT molecular complexity index is 792. The van der Waals surface area contributed by atoms with Gasteiger partial charge >= 0.3 is 0 Å². The number of hydrogen-bond donors (Lipinski definition) is 1. The molecule has 5 fully saturated rings. The summed E-state index contributed by atoms with van der Waals surface area (Å²) >= 11 is 0. The zero-order valence-electron chi connectivity index (χ0n) is 13.9. The van der Waals surface area contributed by atoms with E-state index >= 15 is 0 Å². The van der Waals surface area contributed by atoms with E-state index in [1.807, 2.05) is 18.2 Å². The molecular formula is C20H22N2O2. The van der Waals surface area contributed by atoms with Gasteiger partial charge in [-0.25, -0.2) is 0 Å².